The molecule has 4 rings (SSSR count). The minimum absolute atomic E-state index is 0.207. The van der Waals surface area contributed by atoms with Gasteiger partial charge in [-0.1, -0.05) is 37.3 Å². The molecule has 156 valence electrons. The van der Waals surface area contributed by atoms with E-state index in [1.165, 1.54) is 18.7 Å². The van der Waals surface area contributed by atoms with Crippen LogP contribution in [-0.2, 0) is 19.5 Å². The van der Waals surface area contributed by atoms with Gasteiger partial charge in [-0.25, -0.2) is 0 Å². The maximum absolute atomic E-state index is 13.4. The molecule has 1 aliphatic rings. The molecule has 0 saturated carbocycles. The van der Waals surface area contributed by atoms with Crippen LogP contribution in [0.4, 0.5) is 0 Å². The Morgan fingerprint density at radius 2 is 1.58 bits per heavy atom. The van der Waals surface area contributed by atoms with Gasteiger partial charge in [0, 0.05) is 38.1 Å². The van der Waals surface area contributed by atoms with Crippen LogP contribution >= 0.6 is 0 Å². The molecule has 2 heterocycles. The Bertz CT molecular complexity index is 1140. The number of benzene rings is 2. The van der Waals surface area contributed by atoms with Gasteiger partial charge in [-0.2, -0.15) is 0 Å². The van der Waals surface area contributed by atoms with Gasteiger partial charge in [0.1, 0.15) is 0 Å². The summed E-state index contributed by atoms with van der Waals surface area (Å²) in [4.78, 5) is 44.9. The number of nitrogens with zero attached hydrogens (tertiary/aromatic N) is 3. The molecule has 31 heavy (non-hydrogen) atoms. The number of aromatic nitrogens is 1. The quantitative estimate of drug-likeness (QED) is 0.578. The zero-order valence-corrected chi connectivity index (χ0v) is 17.5. The van der Waals surface area contributed by atoms with Crippen LogP contribution in [-0.4, -0.2) is 39.6 Å². The molecule has 0 atom stereocenters. The molecule has 0 radical (unpaired) electrons. The predicted molar refractivity (Wildman–Crippen MR) is 117 cm³/mol. The number of imide groups is 1. The van der Waals surface area contributed by atoms with Crippen molar-refractivity contribution in [1.29, 1.82) is 0 Å². The minimum Gasteiger partial charge on any atom is -0.330 e. The maximum Gasteiger partial charge on any atom is 0.261 e. The van der Waals surface area contributed by atoms with Crippen LogP contribution in [0.2, 0.25) is 0 Å². The fraction of sp³-hybridized carbons (Fsp3) is 0.200. The molecule has 1 aromatic heterocycles. The topological polar surface area (TPSA) is 70.6 Å². The highest BCUT2D eigenvalue weighted by Crippen LogP contribution is 2.24. The highest BCUT2D eigenvalue weighted by atomic mass is 16.2. The van der Waals surface area contributed by atoms with E-state index < -0.39 is 0 Å². The fourth-order valence-electron chi connectivity index (χ4n) is 3.69. The molecule has 0 spiro atoms. The average Bonchev–Trinajstić information content (AvgIpc) is 3.03. The van der Waals surface area contributed by atoms with Gasteiger partial charge < -0.3 is 4.90 Å². The van der Waals surface area contributed by atoms with Gasteiger partial charge in [0.2, 0.25) is 0 Å². The van der Waals surface area contributed by atoms with Crippen molar-refractivity contribution < 1.29 is 14.4 Å². The number of fused-ring (bicyclic) bond motifs is 1. The lowest BCUT2D eigenvalue weighted by Crippen LogP contribution is -2.30. The van der Waals surface area contributed by atoms with Crippen LogP contribution < -0.4 is 0 Å². The predicted octanol–water partition coefficient (Wildman–Crippen LogP) is 3.71. The van der Waals surface area contributed by atoms with E-state index in [9.17, 15) is 14.4 Å². The summed E-state index contributed by atoms with van der Waals surface area (Å²) in [5.74, 6) is -0.938. The molecule has 0 bridgehead atoms. The largest absolute Gasteiger partial charge is 0.330 e. The first kappa shape index (κ1) is 20.5. The summed E-state index contributed by atoms with van der Waals surface area (Å²) in [6, 6.07) is 16.7. The number of aryl methyl sites for hydroxylation is 1. The Balaban J connectivity index is 1.65. The molecule has 0 N–H and O–H groups in total. The number of carbonyl (C=O) groups is 3. The Labute approximate surface area is 181 Å². The molecule has 0 aliphatic carbocycles. The Kier molecular flexibility index (Phi) is 5.62. The Morgan fingerprint density at radius 1 is 0.903 bits per heavy atom. The fourth-order valence-corrected chi connectivity index (χ4v) is 3.69. The molecule has 6 heteroatoms. The van der Waals surface area contributed by atoms with Crippen LogP contribution in [0.3, 0.4) is 0 Å². The highest BCUT2D eigenvalue weighted by Gasteiger charge is 2.33. The normalized spacial score (nSPS) is 12.8. The van der Waals surface area contributed by atoms with E-state index in [0.717, 1.165) is 22.4 Å². The number of rotatable bonds is 6. The van der Waals surface area contributed by atoms with Gasteiger partial charge >= 0.3 is 0 Å². The van der Waals surface area contributed by atoms with Crippen molar-refractivity contribution >= 4 is 17.7 Å². The number of hydrogen-bond donors (Lipinski definition) is 0. The summed E-state index contributed by atoms with van der Waals surface area (Å²) in [7, 11) is 1.45. The summed E-state index contributed by atoms with van der Waals surface area (Å²) >= 11 is 0. The molecule has 0 unspecified atom stereocenters. The molecule has 3 aromatic rings. The maximum atomic E-state index is 13.4. The lowest BCUT2D eigenvalue weighted by atomic mass is 10.0. The van der Waals surface area contributed by atoms with E-state index in [4.69, 9.17) is 0 Å². The summed E-state index contributed by atoms with van der Waals surface area (Å²) in [5, 5.41) is 0. The number of hydrogen-bond acceptors (Lipinski definition) is 4. The van der Waals surface area contributed by atoms with Gasteiger partial charge in [-0.05, 0) is 47.4 Å². The standard InChI is InChI=1S/C25H23N3O3/c1-3-17-6-8-18(9-7-17)15-28(16-19-5-4-12-26-14-19)23(29)20-10-11-21-22(13-20)25(31)27(2)24(21)30/h4-14H,3,15-16H2,1-2H3. The highest BCUT2D eigenvalue weighted by molar-refractivity contribution is 6.21. The van der Waals surface area contributed by atoms with Crippen molar-refractivity contribution in [2.75, 3.05) is 7.05 Å². The third-order valence-electron chi connectivity index (χ3n) is 5.52. The van der Waals surface area contributed by atoms with E-state index in [0.29, 0.717) is 24.2 Å². The Hall–Kier alpha value is -3.80. The molecule has 3 amide bonds. The van der Waals surface area contributed by atoms with E-state index in [1.807, 2.05) is 24.3 Å². The van der Waals surface area contributed by atoms with Crippen molar-refractivity contribution in [3.63, 3.8) is 0 Å². The summed E-state index contributed by atoms with van der Waals surface area (Å²) < 4.78 is 0. The molecule has 6 nitrogen and oxygen atoms in total. The van der Waals surface area contributed by atoms with Crippen LogP contribution in [0.1, 0.15) is 54.7 Å². The summed E-state index contributed by atoms with van der Waals surface area (Å²) in [6.07, 6.45) is 4.38. The number of amides is 3. The number of carbonyl (C=O) groups excluding carboxylic acids is 3. The molecule has 2 aromatic carbocycles. The second kappa shape index (κ2) is 8.52. The third-order valence-corrected chi connectivity index (χ3v) is 5.52. The SMILES string of the molecule is CCc1ccc(CN(Cc2cccnc2)C(=O)c2ccc3c(c2)C(=O)N(C)C3=O)cc1. The molecular weight excluding hydrogens is 390 g/mol. The van der Waals surface area contributed by atoms with Crippen molar-refractivity contribution in [2.24, 2.45) is 0 Å². The van der Waals surface area contributed by atoms with Gasteiger partial charge in [0.05, 0.1) is 11.1 Å². The second-order valence-corrected chi connectivity index (χ2v) is 7.62. The van der Waals surface area contributed by atoms with Crippen LogP contribution in [0.25, 0.3) is 0 Å². The van der Waals surface area contributed by atoms with E-state index >= 15 is 0 Å². The van der Waals surface area contributed by atoms with Crippen LogP contribution in [0, 0.1) is 0 Å². The first-order chi connectivity index (χ1) is 15.0. The lowest BCUT2D eigenvalue weighted by Gasteiger charge is -2.23. The van der Waals surface area contributed by atoms with Crippen molar-refractivity contribution in [2.45, 2.75) is 26.4 Å². The van der Waals surface area contributed by atoms with Gasteiger partial charge in [0.15, 0.2) is 0 Å². The third kappa shape index (κ3) is 4.10. The monoisotopic (exact) mass is 413 g/mol. The van der Waals surface area contributed by atoms with Crippen molar-refractivity contribution in [3.05, 3.63) is 100 Å². The van der Waals surface area contributed by atoms with E-state index in [-0.39, 0.29) is 23.3 Å². The average molecular weight is 413 g/mol. The molecule has 0 fully saturated rings. The summed E-state index contributed by atoms with van der Waals surface area (Å²) in [6.45, 7) is 2.90. The van der Waals surface area contributed by atoms with E-state index in [1.54, 1.807) is 29.4 Å². The van der Waals surface area contributed by atoms with Crippen molar-refractivity contribution in [3.8, 4) is 0 Å². The minimum atomic E-state index is -0.386. The van der Waals surface area contributed by atoms with Crippen LogP contribution in [0.5, 0.6) is 0 Å². The Morgan fingerprint density at radius 3 is 2.26 bits per heavy atom. The van der Waals surface area contributed by atoms with E-state index in [2.05, 4.69) is 24.0 Å². The molecular formula is C25H23N3O3. The molecule has 1 aliphatic heterocycles. The van der Waals surface area contributed by atoms with Gasteiger partial charge in [-0.15, -0.1) is 0 Å². The van der Waals surface area contributed by atoms with Crippen LogP contribution in [0.15, 0.2) is 67.0 Å². The van der Waals surface area contributed by atoms with Crippen molar-refractivity contribution in [1.82, 2.24) is 14.8 Å². The molecule has 0 saturated heterocycles. The van der Waals surface area contributed by atoms with Gasteiger partial charge in [-0.3, -0.25) is 24.3 Å². The lowest BCUT2D eigenvalue weighted by molar-refractivity contribution is 0.0692. The van der Waals surface area contributed by atoms with Gasteiger partial charge in [0.25, 0.3) is 17.7 Å². The zero-order valence-electron chi connectivity index (χ0n) is 17.5. The number of pyridine rings is 1. The summed E-state index contributed by atoms with van der Waals surface area (Å²) in [5.41, 5.74) is 4.14. The first-order valence-electron chi connectivity index (χ1n) is 10.2. The smallest absolute Gasteiger partial charge is 0.261 e. The second-order valence-electron chi connectivity index (χ2n) is 7.62. The zero-order chi connectivity index (χ0) is 22.0. The first-order valence-corrected chi connectivity index (χ1v) is 10.2.